The van der Waals surface area contributed by atoms with Gasteiger partial charge < -0.3 is 20.4 Å². The third-order valence-corrected chi connectivity index (χ3v) is 4.74. The first-order valence-electron chi connectivity index (χ1n) is 9.60. The van der Waals surface area contributed by atoms with Crippen LogP contribution in [0.5, 0.6) is 0 Å². The van der Waals surface area contributed by atoms with Crippen LogP contribution in [0.25, 0.3) is 0 Å². The molecule has 1 fully saturated rings. The van der Waals surface area contributed by atoms with Crippen molar-refractivity contribution in [3.8, 4) is 0 Å². The normalized spacial score (nSPS) is 23.0. The molecule has 0 aromatic carbocycles. The van der Waals surface area contributed by atoms with Crippen molar-refractivity contribution in [1.29, 1.82) is 0 Å². The van der Waals surface area contributed by atoms with E-state index in [-0.39, 0.29) is 42.3 Å². The summed E-state index contributed by atoms with van der Waals surface area (Å²) in [7, 11) is 0. The summed E-state index contributed by atoms with van der Waals surface area (Å²) >= 11 is 0. The number of rotatable bonds is 8. The summed E-state index contributed by atoms with van der Waals surface area (Å²) in [6.45, 7) is 8.52. The van der Waals surface area contributed by atoms with Crippen molar-refractivity contribution in [2.75, 3.05) is 6.61 Å². The highest BCUT2D eigenvalue weighted by Crippen LogP contribution is 2.27. The van der Waals surface area contributed by atoms with Gasteiger partial charge in [0.2, 0.25) is 11.8 Å². The van der Waals surface area contributed by atoms with E-state index in [4.69, 9.17) is 4.74 Å². The van der Waals surface area contributed by atoms with Gasteiger partial charge in [0.1, 0.15) is 0 Å². The van der Waals surface area contributed by atoms with Crippen LogP contribution in [-0.2, 0) is 20.7 Å². The molecule has 7 heteroatoms. The molecule has 2 amide bonds. The minimum Gasteiger partial charge on any atom is -0.376 e. The van der Waals surface area contributed by atoms with Gasteiger partial charge in [-0.25, -0.2) is 4.98 Å². The van der Waals surface area contributed by atoms with Crippen molar-refractivity contribution in [3.63, 3.8) is 0 Å². The fourth-order valence-electron chi connectivity index (χ4n) is 3.36. The Labute approximate surface area is 155 Å². The molecular weight excluding hydrogens is 332 g/mol. The fraction of sp³-hybridized carbons (Fsp3) is 0.737. The van der Waals surface area contributed by atoms with Gasteiger partial charge in [0, 0.05) is 24.3 Å². The third kappa shape index (κ3) is 5.83. The Morgan fingerprint density at radius 3 is 2.77 bits per heavy atom. The summed E-state index contributed by atoms with van der Waals surface area (Å²) in [5.41, 5.74) is 1.67. The molecule has 1 aliphatic carbocycles. The predicted octanol–water partition coefficient (Wildman–Crippen LogP) is 1.87. The number of nitrogens with zero attached hydrogens (tertiary/aromatic N) is 1. The molecule has 7 nitrogen and oxygen atoms in total. The molecule has 3 N–H and O–H groups in total. The van der Waals surface area contributed by atoms with Gasteiger partial charge in [0.15, 0.2) is 0 Å². The lowest BCUT2D eigenvalue weighted by Gasteiger charge is -2.36. The molecule has 0 unspecified atom stereocenters. The first kappa shape index (κ1) is 20.4. The Morgan fingerprint density at radius 1 is 1.38 bits per heavy atom. The molecule has 1 aliphatic rings. The van der Waals surface area contributed by atoms with Crippen molar-refractivity contribution in [1.82, 2.24) is 20.6 Å². The van der Waals surface area contributed by atoms with Gasteiger partial charge in [-0.2, -0.15) is 0 Å². The van der Waals surface area contributed by atoms with Crippen LogP contribution in [0.1, 0.15) is 57.8 Å². The first-order chi connectivity index (χ1) is 12.4. The number of carbonyl (C=O) groups is 2. The van der Waals surface area contributed by atoms with Crippen LogP contribution in [0, 0.1) is 12.8 Å². The van der Waals surface area contributed by atoms with E-state index < -0.39 is 0 Å². The molecule has 0 aliphatic heterocycles. The summed E-state index contributed by atoms with van der Waals surface area (Å²) in [5, 5.41) is 6.08. The molecule has 26 heavy (non-hydrogen) atoms. The molecule has 3 atom stereocenters. The Morgan fingerprint density at radius 2 is 2.15 bits per heavy atom. The Kier molecular flexibility index (Phi) is 7.63. The number of aryl methyl sites for hydroxylation is 1. The van der Waals surface area contributed by atoms with Crippen LogP contribution in [0.3, 0.4) is 0 Å². The maximum Gasteiger partial charge on any atom is 0.226 e. The molecule has 1 saturated carbocycles. The number of aromatic nitrogens is 2. The van der Waals surface area contributed by atoms with Crippen molar-refractivity contribution in [2.24, 2.45) is 5.92 Å². The summed E-state index contributed by atoms with van der Waals surface area (Å²) in [4.78, 5) is 31.9. The SMILES string of the molecule is CCCO[C@@H]1C[C@@H](C(=O)NC(C)C)CC[C@H]1NC(=O)Cc1nc[nH]c1C. The number of imidazole rings is 1. The summed E-state index contributed by atoms with van der Waals surface area (Å²) in [6.07, 6.45) is 4.79. The van der Waals surface area contributed by atoms with Gasteiger partial charge in [-0.1, -0.05) is 6.92 Å². The van der Waals surface area contributed by atoms with Crippen molar-refractivity contribution < 1.29 is 14.3 Å². The molecule has 1 aromatic heterocycles. The van der Waals surface area contributed by atoms with Crippen LogP contribution in [0.4, 0.5) is 0 Å². The van der Waals surface area contributed by atoms with Crippen molar-refractivity contribution >= 4 is 11.8 Å². The molecule has 1 heterocycles. The maximum atomic E-state index is 12.4. The van der Waals surface area contributed by atoms with Crippen molar-refractivity contribution in [2.45, 2.75) is 78.0 Å². The van der Waals surface area contributed by atoms with Crippen LogP contribution < -0.4 is 10.6 Å². The largest absolute Gasteiger partial charge is 0.376 e. The maximum absolute atomic E-state index is 12.4. The third-order valence-electron chi connectivity index (χ3n) is 4.74. The second-order valence-electron chi connectivity index (χ2n) is 7.41. The highest BCUT2D eigenvalue weighted by atomic mass is 16.5. The van der Waals surface area contributed by atoms with Crippen LogP contribution >= 0.6 is 0 Å². The molecule has 2 rings (SSSR count). The van der Waals surface area contributed by atoms with E-state index >= 15 is 0 Å². The van der Waals surface area contributed by atoms with E-state index in [1.807, 2.05) is 20.8 Å². The zero-order valence-electron chi connectivity index (χ0n) is 16.3. The number of H-pyrrole nitrogens is 1. The van der Waals surface area contributed by atoms with Gasteiger partial charge in [-0.15, -0.1) is 0 Å². The molecule has 0 radical (unpaired) electrons. The first-order valence-corrected chi connectivity index (χ1v) is 9.60. The zero-order chi connectivity index (χ0) is 19.1. The number of aromatic amines is 1. The van der Waals surface area contributed by atoms with Gasteiger partial charge in [0.25, 0.3) is 0 Å². The highest BCUT2D eigenvalue weighted by molar-refractivity contribution is 5.80. The number of hydrogen-bond acceptors (Lipinski definition) is 4. The molecule has 146 valence electrons. The molecule has 0 bridgehead atoms. The van der Waals surface area contributed by atoms with Gasteiger partial charge in [0.05, 0.1) is 30.6 Å². The molecule has 0 spiro atoms. The summed E-state index contributed by atoms with van der Waals surface area (Å²) < 4.78 is 5.97. The number of amides is 2. The van der Waals surface area contributed by atoms with Crippen LogP contribution in [-0.4, -0.2) is 46.6 Å². The summed E-state index contributed by atoms with van der Waals surface area (Å²) in [5.74, 6) is -0.0246. The smallest absolute Gasteiger partial charge is 0.226 e. The summed E-state index contributed by atoms with van der Waals surface area (Å²) in [6, 6.07) is 0.0726. The van der Waals surface area contributed by atoms with E-state index in [1.165, 1.54) is 0 Å². The minimum absolute atomic E-state index is 0.0546. The fourth-order valence-corrected chi connectivity index (χ4v) is 3.36. The van der Waals surface area contributed by atoms with Crippen LogP contribution in [0.2, 0.25) is 0 Å². The Bertz CT molecular complexity index is 599. The average Bonchev–Trinajstić information content (AvgIpc) is 2.98. The predicted molar refractivity (Wildman–Crippen MR) is 99.6 cm³/mol. The van der Waals surface area contributed by atoms with Crippen molar-refractivity contribution in [3.05, 3.63) is 17.7 Å². The van der Waals surface area contributed by atoms with E-state index in [9.17, 15) is 9.59 Å². The Hall–Kier alpha value is -1.89. The van der Waals surface area contributed by atoms with E-state index in [2.05, 4.69) is 27.5 Å². The number of nitrogens with one attached hydrogen (secondary N) is 3. The standard InChI is InChI=1S/C19H32N4O3/c1-5-8-26-17-9-14(19(25)22-12(2)3)6-7-15(17)23-18(24)10-16-13(4)20-11-21-16/h11-12,14-15,17H,5-10H2,1-4H3,(H,20,21)(H,22,25)(H,23,24)/t14-,15+,17+/m0/s1. The second kappa shape index (κ2) is 9.71. The monoisotopic (exact) mass is 364 g/mol. The van der Waals surface area contributed by atoms with E-state index in [0.717, 1.165) is 30.7 Å². The quantitative estimate of drug-likeness (QED) is 0.656. The average molecular weight is 364 g/mol. The molecule has 1 aromatic rings. The Balaban J connectivity index is 1.94. The van der Waals surface area contributed by atoms with E-state index in [0.29, 0.717) is 13.0 Å². The number of ether oxygens (including phenoxy) is 1. The lowest BCUT2D eigenvalue weighted by atomic mass is 9.83. The lowest BCUT2D eigenvalue weighted by molar-refractivity contribution is -0.130. The van der Waals surface area contributed by atoms with Gasteiger partial charge >= 0.3 is 0 Å². The zero-order valence-corrected chi connectivity index (χ0v) is 16.3. The second-order valence-corrected chi connectivity index (χ2v) is 7.41. The molecule has 0 saturated heterocycles. The topological polar surface area (TPSA) is 96.1 Å². The van der Waals surface area contributed by atoms with Crippen LogP contribution in [0.15, 0.2) is 6.33 Å². The molecular formula is C19H32N4O3. The van der Waals surface area contributed by atoms with Gasteiger partial charge in [-0.05, 0) is 46.5 Å². The minimum atomic E-state index is -0.129. The van der Waals surface area contributed by atoms with E-state index in [1.54, 1.807) is 6.33 Å². The van der Waals surface area contributed by atoms with Gasteiger partial charge in [-0.3, -0.25) is 9.59 Å². The lowest BCUT2D eigenvalue weighted by Crippen LogP contribution is -2.51. The highest BCUT2D eigenvalue weighted by Gasteiger charge is 2.35. The number of carbonyl (C=O) groups excluding carboxylic acids is 2. The number of hydrogen-bond donors (Lipinski definition) is 3.